The lowest BCUT2D eigenvalue weighted by molar-refractivity contribution is 0.565. The highest BCUT2D eigenvalue weighted by Gasteiger charge is 2.29. The molecule has 2 aromatic carbocycles. The van der Waals surface area contributed by atoms with E-state index in [4.69, 9.17) is 0 Å². The summed E-state index contributed by atoms with van der Waals surface area (Å²) in [4.78, 5) is 0. The van der Waals surface area contributed by atoms with Crippen molar-refractivity contribution in [3.8, 4) is 11.1 Å². The largest absolute Gasteiger partial charge is 0.0619 e. The Bertz CT molecular complexity index is 691. The summed E-state index contributed by atoms with van der Waals surface area (Å²) in [6.07, 6.45) is 1.09. The third kappa shape index (κ3) is 2.41. The van der Waals surface area contributed by atoms with E-state index in [-0.39, 0.29) is 10.8 Å². The van der Waals surface area contributed by atoms with Gasteiger partial charge >= 0.3 is 0 Å². The van der Waals surface area contributed by atoms with Crippen LogP contribution in [0.15, 0.2) is 36.4 Å². The van der Waals surface area contributed by atoms with Gasteiger partial charge < -0.3 is 0 Å². The van der Waals surface area contributed by atoms with Gasteiger partial charge in [-0.05, 0) is 50.6 Å². The Labute approximate surface area is 129 Å². The van der Waals surface area contributed by atoms with Gasteiger partial charge in [-0.15, -0.1) is 0 Å². The van der Waals surface area contributed by atoms with Crippen LogP contribution in [0.1, 0.15) is 63.8 Å². The second-order valence-electron chi connectivity index (χ2n) is 8.38. The van der Waals surface area contributed by atoms with Crippen LogP contribution in [-0.2, 0) is 17.3 Å². The van der Waals surface area contributed by atoms with Gasteiger partial charge in [-0.25, -0.2) is 0 Å². The summed E-state index contributed by atoms with van der Waals surface area (Å²) in [7, 11) is 0. The molecule has 1 aliphatic rings. The van der Waals surface area contributed by atoms with Gasteiger partial charge in [0.25, 0.3) is 0 Å². The fourth-order valence-corrected chi connectivity index (χ4v) is 3.33. The van der Waals surface area contributed by atoms with Crippen LogP contribution in [0.5, 0.6) is 0 Å². The molecular formula is C21H26. The molecule has 0 N–H and O–H groups in total. The van der Waals surface area contributed by atoms with Crippen LogP contribution >= 0.6 is 0 Å². The quantitative estimate of drug-likeness (QED) is 0.483. The Morgan fingerprint density at radius 2 is 1.43 bits per heavy atom. The summed E-state index contributed by atoms with van der Waals surface area (Å²) < 4.78 is 0. The van der Waals surface area contributed by atoms with Crippen LogP contribution in [0.4, 0.5) is 0 Å². The third-order valence-corrected chi connectivity index (χ3v) is 4.60. The van der Waals surface area contributed by atoms with Gasteiger partial charge in [0.1, 0.15) is 0 Å². The number of fused-ring (bicyclic) bond motifs is 3. The number of rotatable bonds is 0. The molecule has 0 heterocycles. The van der Waals surface area contributed by atoms with Crippen molar-refractivity contribution in [1.82, 2.24) is 0 Å². The fraction of sp³-hybridized carbons (Fsp3) is 0.429. The average molecular weight is 278 g/mol. The van der Waals surface area contributed by atoms with Crippen LogP contribution in [0.25, 0.3) is 11.1 Å². The topological polar surface area (TPSA) is 0 Å². The van der Waals surface area contributed by atoms with E-state index in [0.717, 1.165) is 6.42 Å². The van der Waals surface area contributed by atoms with Crippen molar-refractivity contribution in [2.24, 2.45) is 0 Å². The zero-order valence-electron chi connectivity index (χ0n) is 14.2. The van der Waals surface area contributed by atoms with Gasteiger partial charge in [-0.3, -0.25) is 0 Å². The summed E-state index contributed by atoms with van der Waals surface area (Å²) in [5.74, 6) is 0. The van der Waals surface area contributed by atoms with E-state index in [9.17, 15) is 0 Å². The molecule has 0 unspecified atom stereocenters. The molecule has 0 heteroatoms. The van der Waals surface area contributed by atoms with Crippen LogP contribution in [0.3, 0.4) is 0 Å². The minimum atomic E-state index is 0.187. The molecule has 0 radical (unpaired) electrons. The van der Waals surface area contributed by atoms with E-state index in [0.29, 0.717) is 0 Å². The molecule has 3 rings (SSSR count). The first-order chi connectivity index (χ1) is 9.68. The Hall–Kier alpha value is -1.56. The molecule has 0 atom stereocenters. The predicted octanol–water partition coefficient (Wildman–Crippen LogP) is 5.85. The Morgan fingerprint density at radius 1 is 0.762 bits per heavy atom. The second-order valence-corrected chi connectivity index (χ2v) is 8.38. The summed E-state index contributed by atoms with van der Waals surface area (Å²) in [6, 6.07) is 13.8. The Kier molecular flexibility index (Phi) is 3.06. The van der Waals surface area contributed by atoms with Gasteiger partial charge in [0, 0.05) is 0 Å². The lowest BCUT2D eigenvalue weighted by Gasteiger charge is -2.28. The minimum absolute atomic E-state index is 0.187. The van der Waals surface area contributed by atoms with Gasteiger partial charge in [-0.2, -0.15) is 0 Å². The Morgan fingerprint density at radius 3 is 2.05 bits per heavy atom. The fourth-order valence-electron chi connectivity index (χ4n) is 3.33. The molecule has 2 aromatic rings. The van der Waals surface area contributed by atoms with E-state index < -0.39 is 0 Å². The normalized spacial score (nSPS) is 14.0. The van der Waals surface area contributed by atoms with Crippen molar-refractivity contribution >= 4 is 0 Å². The molecule has 0 saturated carbocycles. The monoisotopic (exact) mass is 278 g/mol. The molecule has 0 aromatic heterocycles. The van der Waals surface area contributed by atoms with Crippen molar-refractivity contribution in [3.63, 3.8) is 0 Å². The molecule has 0 spiro atoms. The van der Waals surface area contributed by atoms with Crippen LogP contribution in [0, 0.1) is 0 Å². The second kappa shape index (κ2) is 4.47. The first kappa shape index (κ1) is 14.4. The van der Waals surface area contributed by atoms with Crippen LogP contribution in [0.2, 0.25) is 0 Å². The first-order valence-electron chi connectivity index (χ1n) is 7.94. The predicted molar refractivity (Wildman–Crippen MR) is 92.1 cm³/mol. The van der Waals surface area contributed by atoms with Crippen molar-refractivity contribution < 1.29 is 0 Å². The zero-order chi connectivity index (χ0) is 15.4. The van der Waals surface area contributed by atoms with Gasteiger partial charge in [0.15, 0.2) is 0 Å². The highest BCUT2D eigenvalue weighted by molar-refractivity contribution is 5.79. The molecule has 0 fully saturated rings. The van der Waals surface area contributed by atoms with Crippen LogP contribution in [-0.4, -0.2) is 0 Å². The molecule has 21 heavy (non-hydrogen) atoms. The summed E-state index contributed by atoms with van der Waals surface area (Å²) in [5, 5.41) is 0. The van der Waals surface area contributed by atoms with Gasteiger partial charge in [0.2, 0.25) is 0 Å². The minimum Gasteiger partial charge on any atom is -0.0619 e. The molecule has 0 saturated heterocycles. The van der Waals surface area contributed by atoms with Crippen LogP contribution < -0.4 is 0 Å². The molecule has 0 aliphatic heterocycles. The van der Waals surface area contributed by atoms with Crippen molar-refractivity contribution in [1.29, 1.82) is 0 Å². The number of hydrogen-bond acceptors (Lipinski definition) is 0. The maximum Gasteiger partial charge on any atom is -0.00105 e. The molecular weight excluding hydrogens is 252 g/mol. The maximum atomic E-state index is 2.45. The third-order valence-electron chi connectivity index (χ3n) is 4.60. The molecule has 0 amide bonds. The molecule has 110 valence electrons. The van der Waals surface area contributed by atoms with Crippen molar-refractivity contribution in [2.45, 2.75) is 58.8 Å². The molecule has 0 nitrogen and oxygen atoms in total. The van der Waals surface area contributed by atoms with E-state index >= 15 is 0 Å². The highest BCUT2D eigenvalue weighted by Crippen LogP contribution is 2.44. The summed E-state index contributed by atoms with van der Waals surface area (Å²) >= 11 is 0. The summed E-state index contributed by atoms with van der Waals surface area (Å²) in [5.41, 5.74) is 9.25. The van der Waals surface area contributed by atoms with Crippen molar-refractivity contribution in [2.75, 3.05) is 0 Å². The zero-order valence-corrected chi connectivity index (χ0v) is 14.2. The number of benzene rings is 2. The standard InChI is InChI=1S/C21H26/c1-20(2,3)15-12-17-16-10-8-7-9-14(16)11-18(17)19(13-15)21(4,5)6/h7-10,12-13H,11H2,1-6H3. The lowest BCUT2D eigenvalue weighted by atomic mass is 9.77. The van der Waals surface area contributed by atoms with E-state index in [1.807, 2.05) is 0 Å². The number of hydrogen-bond donors (Lipinski definition) is 0. The highest BCUT2D eigenvalue weighted by atomic mass is 14.3. The maximum absolute atomic E-state index is 2.45. The van der Waals surface area contributed by atoms with E-state index in [1.165, 1.54) is 33.4 Å². The first-order valence-corrected chi connectivity index (χ1v) is 7.94. The van der Waals surface area contributed by atoms with E-state index in [2.05, 4.69) is 77.9 Å². The Balaban J connectivity index is 2.31. The lowest BCUT2D eigenvalue weighted by Crippen LogP contribution is -2.18. The SMILES string of the molecule is CC(C)(C)c1cc2c(c(C(C)(C)C)c1)Cc1ccccc1-2. The van der Waals surface area contributed by atoms with Gasteiger partial charge in [-0.1, -0.05) is 77.9 Å². The van der Waals surface area contributed by atoms with E-state index in [1.54, 1.807) is 0 Å². The molecule has 0 bridgehead atoms. The van der Waals surface area contributed by atoms with Crippen molar-refractivity contribution in [3.05, 3.63) is 58.7 Å². The smallest absolute Gasteiger partial charge is 0.00105 e. The summed E-state index contributed by atoms with van der Waals surface area (Å²) in [6.45, 7) is 13.9. The molecule has 1 aliphatic carbocycles. The average Bonchev–Trinajstić information content (AvgIpc) is 2.73. The van der Waals surface area contributed by atoms with Gasteiger partial charge in [0.05, 0.1) is 0 Å².